The van der Waals surface area contributed by atoms with E-state index in [4.69, 9.17) is 23.2 Å². The minimum Gasteiger partial charge on any atom is -0.326 e. The van der Waals surface area contributed by atoms with Crippen LogP contribution in [-0.4, -0.2) is 5.91 Å². The van der Waals surface area contributed by atoms with Gasteiger partial charge in [0.15, 0.2) is 0 Å². The first kappa shape index (κ1) is 11.1. The highest BCUT2D eigenvalue weighted by Gasteiger charge is 2.05. The van der Waals surface area contributed by atoms with Crippen LogP contribution >= 0.6 is 45.8 Å². The van der Waals surface area contributed by atoms with Crippen LogP contribution in [0.25, 0.3) is 0 Å². The summed E-state index contributed by atoms with van der Waals surface area (Å²) in [4.78, 5) is 10.7. The average Bonchev–Trinajstić information content (AvgIpc) is 1.98. The molecule has 1 N–H and O–H groups in total. The number of rotatable bonds is 1. The molecule has 13 heavy (non-hydrogen) atoms. The van der Waals surface area contributed by atoms with Crippen LogP contribution < -0.4 is 5.32 Å². The zero-order valence-electron chi connectivity index (χ0n) is 6.70. The molecule has 0 saturated carbocycles. The van der Waals surface area contributed by atoms with Crippen molar-refractivity contribution in [2.45, 2.75) is 6.92 Å². The third kappa shape index (κ3) is 3.00. The Kier molecular flexibility index (Phi) is 3.82. The molecule has 0 spiro atoms. The third-order valence-electron chi connectivity index (χ3n) is 1.30. The summed E-state index contributed by atoms with van der Waals surface area (Å²) < 4.78 is 0.787. The van der Waals surface area contributed by atoms with Gasteiger partial charge in [-0.15, -0.1) is 0 Å². The zero-order valence-corrected chi connectivity index (χ0v) is 10.4. The van der Waals surface area contributed by atoms with Crippen molar-refractivity contribution in [1.82, 2.24) is 0 Å². The second-order valence-corrected chi connectivity index (χ2v) is 4.33. The highest BCUT2D eigenvalue weighted by Crippen LogP contribution is 2.29. The molecule has 1 aromatic rings. The van der Waals surface area contributed by atoms with Gasteiger partial charge in [-0.3, -0.25) is 4.79 Å². The largest absolute Gasteiger partial charge is 0.326 e. The van der Waals surface area contributed by atoms with Gasteiger partial charge < -0.3 is 5.32 Å². The molecule has 0 aliphatic heterocycles. The van der Waals surface area contributed by atoms with Gasteiger partial charge in [-0.2, -0.15) is 0 Å². The van der Waals surface area contributed by atoms with Crippen molar-refractivity contribution in [2.75, 3.05) is 5.32 Å². The van der Waals surface area contributed by atoms with Gasteiger partial charge in [0.25, 0.3) is 0 Å². The molecule has 0 aliphatic carbocycles. The predicted octanol–water partition coefficient (Wildman–Crippen LogP) is 3.56. The zero-order chi connectivity index (χ0) is 10.0. The van der Waals surface area contributed by atoms with Crippen molar-refractivity contribution in [1.29, 1.82) is 0 Å². The maximum Gasteiger partial charge on any atom is 0.221 e. The minimum absolute atomic E-state index is 0.145. The summed E-state index contributed by atoms with van der Waals surface area (Å²) >= 11 is 13.8. The Labute approximate surface area is 99.7 Å². The molecular formula is C8H6Cl2INO. The highest BCUT2D eigenvalue weighted by molar-refractivity contribution is 14.1. The number of carbonyl (C=O) groups excluding carboxylic acids is 1. The lowest BCUT2D eigenvalue weighted by Crippen LogP contribution is -2.05. The lowest BCUT2D eigenvalue weighted by Gasteiger charge is -2.05. The Morgan fingerprint density at radius 2 is 1.85 bits per heavy atom. The number of anilines is 1. The van der Waals surface area contributed by atoms with Crippen LogP contribution in [0.1, 0.15) is 6.92 Å². The fourth-order valence-electron chi connectivity index (χ4n) is 0.831. The van der Waals surface area contributed by atoms with Gasteiger partial charge in [0, 0.05) is 12.6 Å². The number of amides is 1. The normalized spacial score (nSPS) is 9.85. The molecule has 0 bridgehead atoms. The topological polar surface area (TPSA) is 29.1 Å². The van der Waals surface area contributed by atoms with E-state index in [0.29, 0.717) is 15.7 Å². The smallest absolute Gasteiger partial charge is 0.221 e. The monoisotopic (exact) mass is 329 g/mol. The Hall–Kier alpha value is -0.000000000000000167. The average molecular weight is 330 g/mol. The SMILES string of the molecule is CC(=O)Nc1cc(Cl)c(I)c(Cl)c1. The predicted molar refractivity (Wildman–Crippen MR) is 63.5 cm³/mol. The Morgan fingerprint density at radius 1 is 1.38 bits per heavy atom. The van der Waals surface area contributed by atoms with Gasteiger partial charge >= 0.3 is 0 Å². The Morgan fingerprint density at radius 3 is 2.23 bits per heavy atom. The molecule has 2 nitrogen and oxygen atoms in total. The molecule has 0 heterocycles. The minimum atomic E-state index is -0.145. The first-order valence-corrected chi connectivity index (χ1v) is 5.26. The first-order valence-electron chi connectivity index (χ1n) is 3.43. The van der Waals surface area contributed by atoms with Crippen molar-refractivity contribution >= 4 is 57.4 Å². The molecule has 0 aliphatic rings. The molecule has 70 valence electrons. The van der Waals surface area contributed by atoms with Crippen LogP contribution in [-0.2, 0) is 4.79 Å². The number of benzene rings is 1. The second kappa shape index (κ2) is 4.48. The van der Waals surface area contributed by atoms with Crippen LogP contribution in [0.3, 0.4) is 0 Å². The van der Waals surface area contributed by atoms with Crippen LogP contribution in [0.15, 0.2) is 12.1 Å². The van der Waals surface area contributed by atoms with E-state index >= 15 is 0 Å². The van der Waals surface area contributed by atoms with E-state index in [1.807, 2.05) is 22.6 Å². The van der Waals surface area contributed by atoms with E-state index in [9.17, 15) is 4.79 Å². The standard InChI is InChI=1S/C8H6Cl2INO/c1-4(13)12-5-2-6(9)8(11)7(10)3-5/h2-3H,1H3,(H,12,13). The van der Waals surface area contributed by atoms with E-state index in [1.165, 1.54) is 6.92 Å². The number of hydrogen-bond acceptors (Lipinski definition) is 1. The van der Waals surface area contributed by atoms with Crippen LogP contribution in [0.4, 0.5) is 5.69 Å². The van der Waals surface area contributed by atoms with Crippen LogP contribution in [0.2, 0.25) is 10.0 Å². The summed E-state index contributed by atoms with van der Waals surface area (Å²) in [7, 11) is 0. The molecule has 0 aromatic heterocycles. The summed E-state index contributed by atoms with van der Waals surface area (Å²) in [5.41, 5.74) is 0.614. The molecule has 0 unspecified atom stereocenters. The molecular weight excluding hydrogens is 324 g/mol. The molecule has 1 amide bonds. The van der Waals surface area contributed by atoms with Gasteiger partial charge in [-0.1, -0.05) is 23.2 Å². The van der Waals surface area contributed by atoms with E-state index in [1.54, 1.807) is 12.1 Å². The molecule has 1 rings (SSSR count). The molecule has 0 saturated heterocycles. The number of hydrogen-bond donors (Lipinski definition) is 1. The van der Waals surface area contributed by atoms with Gasteiger partial charge in [0.2, 0.25) is 5.91 Å². The maximum absolute atomic E-state index is 10.7. The van der Waals surface area contributed by atoms with Gasteiger partial charge in [0.05, 0.1) is 13.6 Å². The summed E-state index contributed by atoms with van der Waals surface area (Å²) in [5, 5.41) is 3.68. The third-order valence-corrected chi connectivity index (χ3v) is 3.70. The molecule has 0 atom stereocenters. The fourth-order valence-corrected chi connectivity index (χ4v) is 1.63. The van der Waals surface area contributed by atoms with Crippen LogP contribution in [0, 0.1) is 3.57 Å². The van der Waals surface area contributed by atoms with Crippen molar-refractivity contribution < 1.29 is 4.79 Å². The lowest BCUT2D eigenvalue weighted by molar-refractivity contribution is -0.114. The van der Waals surface area contributed by atoms with Crippen molar-refractivity contribution in [2.24, 2.45) is 0 Å². The first-order chi connectivity index (χ1) is 6.00. The summed E-state index contributed by atoms with van der Waals surface area (Å²) in [6.45, 7) is 1.43. The Balaban J connectivity index is 3.06. The highest BCUT2D eigenvalue weighted by atomic mass is 127. The van der Waals surface area contributed by atoms with E-state index in [0.717, 1.165) is 3.57 Å². The second-order valence-electron chi connectivity index (χ2n) is 2.44. The number of nitrogens with one attached hydrogen (secondary N) is 1. The van der Waals surface area contributed by atoms with Gasteiger partial charge in [-0.05, 0) is 34.7 Å². The summed E-state index contributed by atoms with van der Waals surface area (Å²) in [6.07, 6.45) is 0. The van der Waals surface area contributed by atoms with Crippen molar-refractivity contribution in [3.05, 3.63) is 25.7 Å². The number of halogens is 3. The van der Waals surface area contributed by atoms with Gasteiger partial charge in [-0.25, -0.2) is 0 Å². The number of carbonyl (C=O) groups is 1. The quantitative estimate of drug-likeness (QED) is 0.619. The van der Waals surface area contributed by atoms with Crippen molar-refractivity contribution in [3.63, 3.8) is 0 Å². The van der Waals surface area contributed by atoms with E-state index < -0.39 is 0 Å². The van der Waals surface area contributed by atoms with Gasteiger partial charge in [0.1, 0.15) is 0 Å². The lowest BCUT2D eigenvalue weighted by atomic mass is 10.3. The molecule has 1 aromatic carbocycles. The summed E-state index contributed by atoms with van der Waals surface area (Å²) in [6, 6.07) is 3.33. The van der Waals surface area contributed by atoms with E-state index in [2.05, 4.69) is 5.32 Å². The Bertz CT molecular complexity index is 331. The van der Waals surface area contributed by atoms with Crippen LogP contribution in [0.5, 0.6) is 0 Å². The maximum atomic E-state index is 10.7. The molecule has 5 heteroatoms. The summed E-state index contributed by atoms with van der Waals surface area (Å²) in [5.74, 6) is -0.145. The van der Waals surface area contributed by atoms with Crippen molar-refractivity contribution in [3.8, 4) is 0 Å². The molecule has 0 fully saturated rings. The molecule has 0 radical (unpaired) electrons. The fraction of sp³-hybridized carbons (Fsp3) is 0.125. The van der Waals surface area contributed by atoms with E-state index in [-0.39, 0.29) is 5.91 Å².